The van der Waals surface area contributed by atoms with Gasteiger partial charge in [-0.05, 0) is 44.9 Å². The molecule has 2 atom stereocenters. The molecule has 294 valence electrons. The van der Waals surface area contributed by atoms with Crippen molar-refractivity contribution in [2.24, 2.45) is 0 Å². The van der Waals surface area contributed by atoms with Crippen molar-refractivity contribution in [1.29, 1.82) is 0 Å². The molecule has 0 spiro atoms. The molecule has 9 nitrogen and oxygen atoms in total. The number of hydrogen-bond donors (Lipinski definition) is 1. The summed E-state index contributed by atoms with van der Waals surface area (Å²) in [6, 6.07) is 0. The summed E-state index contributed by atoms with van der Waals surface area (Å²) >= 11 is 0. The van der Waals surface area contributed by atoms with E-state index in [4.69, 9.17) is 18.5 Å². The number of esters is 2. The van der Waals surface area contributed by atoms with Gasteiger partial charge in [0.25, 0.3) is 0 Å². The van der Waals surface area contributed by atoms with Gasteiger partial charge in [-0.3, -0.25) is 18.6 Å². The second kappa shape index (κ2) is 33.3. The second-order valence-corrected chi connectivity index (χ2v) is 16.1. The third kappa shape index (κ3) is 36.3. The van der Waals surface area contributed by atoms with Gasteiger partial charge in [0.15, 0.2) is 6.10 Å². The molecule has 0 aromatic heterocycles. The number of ether oxygens (including phenoxy) is 2. The smallest absolute Gasteiger partial charge is 0.462 e. The Hall–Kier alpha value is -1.51. The predicted octanol–water partition coefficient (Wildman–Crippen LogP) is 10.8. The van der Waals surface area contributed by atoms with Crippen molar-refractivity contribution in [2.45, 2.75) is 174 Å². The lowest BCUT2D eigenvalue weighted by Gasteiger charge is -2.24. The van der Waals surface area contributed by atoms with E-state index >= 15 is 0 Å². The molecule has 0 heterocycles. The maximum absolute atomic E-state index is 12.6. The van der Waals surface area contributed by atoms with Crippen LogP contribution in [0.15, 0.2) is 24.3 Å². The quantitative estimate of drug-likeness (QED) is 0.0223. The first-order valence-electron chi connectivity index (χ1n) is 20.1. The van der Waals surface area contributed by atoms with Crippen molar-refractivity contribution in [3.63, 3.8) is 0 Å². The number of carbonyl (C=O) groups is 2. The molecule has 1 N–H and O–H groups in total. The zero-order chi connectivity index (χ0) is 37.2. The number of hydrogen-bond acceptors (Lipinski definition) is 7. The van der Waals surface area contributed by atoms with Crippen LogP contribution in [0, 0.1) is 0 Å². The Kier molecular flexibility index (Phi) is 32.3. The summed E-state index contributed by atoms with van der Waals surface area (Å²) in [5, 5.41) is 0. The van der Waals surface area contributed by atoms with Crippen LogP contribution < -0.4 is 0 Å². The summed E-state index contributed by atoms with van der Waals surface area (Å²) in [6.07, 6.45) is 33.6. The summed E-state index contributed by atoms with van der Waals surface area (Å²) in [5.74, 6) is -0.813. The van der Waals surface area contributed by atoms with E-state index in [9.17, 15) is 19.0 Å². The van der Waals surface area contributed by atoms with E-state index in [1.165, 1.54) is 77.0 Å². The zero-order valence-corrected chi connectivity index (χ0v) is 33.8. The number of allylic oxidation sites excluding steroid dienone is 4. The molecule has 1 unspecified atom stereocenters. The highest BCUT2D eigenvalue weighted by molar-refractivity contribution is 7.47. The Morgan fingerprint density at radius 1 is 0.620 bits per heavy atom. The lowest BCUT2D eigenvalue weighted by molar-refractivity contribution is -0.870. The molecule has 0 aliphatic carbocycles. The summed E-state index contributed by atoms with van der Waals surface area (Å²) in [6.45, 7) is 4.36. The van der Waals surface area contributed by atoms with Gasteiger partial charge in [-0.15, -0.1) is 0 Å². The average Bonchev–Trinajstić information content (AvgIpc) is 3.06. The van der Waals surface area contributed by atoms with Crippen LogP contribution in [0.1, 0.15) is 168 Å². The second-order valence-electron chi connectivity index (χ2n) is 14.7. The average molecular weight is 731 g/mol. The first-order valence-corrected chi connectivity index (χ1v) is 21.6. The van der Waals surface area contributed by atoms with Gasteiger partial charge in [-0.1, -0.05) is 134 Å². The third-order valence-corrected chi connectivity index (χ3v) is 9.47. The van der Waals surface area contributed by atoms with Crippen molar-refractivity contribution < 1.29 is 42.1 Å². The van der Waals surface area contributed by atoms with Crippen LogP contribution in [-0.4, -0.2) is 74.9 Å². The number of phosphoric acid groups is 1. The highest BCUT2D eigenvalue weighted by Crippen LogP contribution is 2.43. The van der Waals surface area contributed by atoms with Crippen LogP contribution in [0.5, 0.6) is 0 Å². The first-order chi connectivity index (χ1) is 24.0. The van der Waals surface area contributed by atoms with Crippen molar-refractivity contribution >= 4 is 19.8 Å². The Morgan fingerprint density at radius 2 is 1.08 bits per heavy atom. The lowest BCUT2D eigenvalue weighted by atomic mass is 10.1. The van der Waals surface area contributed by atoms with Crippen molar-refractivity contribution in [3.05, 3.63) is 24.3 Å². The number of carbonyl (C=O) groups excluding carboxylic acids is 2. The van der Waals surface area contributed by atoms with E-state index in [2.05, 4.69) is 38.2 Å². The summed E-state index contributed by atoms with van der Waals surface area (Å²) in [7, 11) is 1.47. The molecule has 0 radical (unpaired) electrons. The van der Waals surface area contributed by atoms with Gasteiger partial charge in [-0.2, -0.15) is 0 Å². The summed E-state index contributed by atoms with van der Waals surface area (Å²) in [5.41, 5.74) is 0. The molecular weight excluding hydrogens is 653 g/mol. The van der Waals surface area contributed by atoms with E-state index < -0.39 is 26.5 Å². The normalized spacial score (nSPS) is 14.0. The van der Waals surface area contributed by atoms with E-state index in [1.807, 2.05) is 21.1 Å². The van der Waals surface area contributed by atoms with Gasteiger partial charge in [-0.25, -0.2) is 4.57 Å². The SMILES string of the molecule is CCCCC/C=C\C/C=C\CCCCCCCC(=O)OC[C@H](COP(=O)(O)OCC[N+](C)(C)C)OC(=O)CCCCCCCCCCCCC. The molecule has 0 saturated carbocycles. The van der Waals surface area contributed by atoms with E-state index in [1.54, 1.807) is 0 Å². The number of likely N-dealkylation sites (N-methyl/N-ethyl adjacent to an activating group) is 1. The predicted molar refractivity (Wildman–Crippen MR) is 206 cm³/mol. The van der Waals surface area contributed by atoms with Crippen LogP contribution in [0.4, 0.5) is 0 Å². The minimum absolute atomic E-state index is 0.0309. The Morgan fingerprint density at radius 3 is 1.62 bits per heavy atom. The number of nitrogens with zero attached hydrogens (tertiary/aromatic N) is 1. The highest BCUT2D eigenvalue weighted by Gasteiger charge is 2.27. The fraction of sp³-hybridized carbons (Fsp3) is 0.850. The Labute approximate surface area is 307 Å². The topological polar surface area (TPSA) is 108 Å². The summed E-state index contributed by atoms with van der Waals surface area (Å²) in [4.78, 5) is 35.2. The highest BCUT2D eigenvalue weighted by atomic mass is 31.2. The maximum Gasteiger partial charge on any atom is 0.472 e. The minimum atomic E-state index is -4.37. The molecule has 0 fully saturated rings. The number of rotatable bonds is 36. The molecule has 0 rings (SSSR count). The van der Waals surface area contributed by atoms with Crippen molar-refractivity contribution in [1.82, 2.24) is 0 Å². The Bertz CT molecular complexity index is 918. The molecule has 0 aliphatic heterocycles. The molecule has 0 saturated heterocycles. The van der Waals surface area contributed by atoms with Gasteiger partial charge < -0.3 is 18.9 Å². The van der Waals surface area contributed by atoms with Crippen LogP contribution in [0.2, 0.25) is 0 Å². The lowest BCUT2D eigenvalue weighted by Crippen LogP contribution is -2.37. The standard InChI is InChI=1S/C40H76NO8P/c1-6-8-10-12-14-16-18-19-20-21-23-24-26-28-30-32-39(42)46-36-38(37-48-50(44,45)47-35-34-41(3,4)5)49-40(43)33-31-29-27-25-22-17-15-13-11-9-7-2/h14,16,19-20,38H,6-13,15,17-18,21-37H2,1-5H3/p+1/b16-14-,20-19-/t38-/m1/s1. The molecule has 0 aliphatic rings. The molecule has 0 aromatic carbocycles. The molecule has 0 amide bonds. The molecule has 0 bridgehead atoms. The van der Waals surface area contributed by atoms with E-state index in [0.29, 0.717) is 17.4 Å². The van der Waals surface area contributed by atoms with E-state index in [0.717, 1.165) is 57.8 Å². The summed E-state index contributed by atoms with van der Waals surface area (Å²) < 4.78 is 34.2. The molecule has 0 aromatic rings. The fourth-order valence-electron chi connectivity index (χ4n) is 5.28. The number of quaternary nitrogens is 1. The number of unbranched alkanes of at least 4 members (excludes halogenated alkanes) is 18. The number of phosphoric ester groups is 1. The van der Waals surface area contributed by atoms with E-state index in [-0.39, 0.29) is 32.0 Å². The minimum Gasteiger partial charge on any atom is -0.462 e. The third-order valence-electron chi connectivity index (χ3n) is 8.48. The van der Waals surface area contributed by atoms with Gasteiger partial charge in [0.1, 0.15) is 19.8 Å². The molecule has 50 heavy (non-hydrogen) atoms. The van der Waals surface area contributed by atoms with Crippen LogP contribution in [-0.2, 0) is 32.7 Å². The van der Waals surface area contributed by atoms with Gasteiger partial charge in [0.05, 0.1) is 27.7 Å². The van der Waals surface area contributed by atoms with Gasteiger partial charge in [0.2, 0.25) is 0 Å². The maximum atomic E-state index is 12.6. The first kappa shape index (κ1) is 48.5. The van der Waals surface area contributed by atoms with Gasteiger partial charge >= 0.3 is 19.8 Å². The Balaban J connectivity index is 4.42. The molecular formula is C40H77NO8P+. The van der Waals surface area contributed by atoms with Crippen LogP contribution >= 0.6 is 7.82 Å². The monoisotopic (exact) mass is 731 g/mol. The van der Waals surface area contributed by atoms with Crippen molar-refractivity contribution in [2.75, 3.05) is 47.5 Å². The van der Waals surface area contributed by atoms with Gasteiger partial charge in [0, 0.05) is 12.8 Å². The fourth-order valence-corrected chi connectivity index (χ4v) is 6.02. The largest absolute Gasteiger partial charge is 0.472 e. The van der Waals surface area contributed by atoms with Crippen molar-refractivity contribution in [3.8, 4) is 0 Å². The van der Waals surface area contributed by atoms with Crippen LogP contribution in [0.3, 0.4) is 0 Å². The molecule has 10 heteroatoms. The van der Waals surface area contributed by atoms with Crippen LogP contribution in [0.25, 0.3) is 0 Å². The zero-order valence-electron chi connectivity index (χ0n) is 32.9.